The zero-order chi connectivity index (χ0) is 11.7. The normalized spacial score (nSPS) is 23.6. The van der Waals surface area contributed by atoms with Crippen molar-refractivity contribution in [3.8, 4) is 0 Å². The molecule has 1 heterocycles. The summed E-state index contributed by atoms with van der Waals surface area (Å²) in [5, 5.41) is 0. The summed E-state index contributed by atoms with van der Waals surface area (Å²) < 4.78 is 5.44. The fourth-order valence-electron chi connectivity index (χ4n) is 2.80. The Kier molecular flexibility index (Phi) is 3.12. The van der Waals surface area contributed by atoms with Gasteiger partial charge in [-0.25, -0.2) is 0 Å². The lowest BCUT2D eigenvalue weighted by Gasteiger charge is -2.35. The van der Waals surface area contributed by atoms with Crippen molar-refractivity contribution in [2.45, 2.75) is 24.3 Å². The van der Waals surface area contributed by atoms with E-state index < -0.39 is 0 Å². The van der Waals surface area contributed by atoms with Crippen molar-refractivity contribution in [3.05, 3.63) is 35.4 Å². The molecule has 0 radical (unpaired) electrons. The Labute approximate surface area is 108 Å². The van der Waals surface area contributed by atoms with Crippen molar-refractivity contribution in [1.82, 2.24) is 4.90 Å². The Balaban J connectivity index is 1.81. The first kappa shape index (κ1) is 11.5. The second kappa shape index (κ2) is 4.60. The number of rotatable bonds is 3. The van der Waals surface area contributed by atoms with Crippen LogP contribution in [0.1, 0.15) is 24.0 Å². The lowest BCUT2D eigenvalue weighted by Crippen LogP contribution is -2.43. The summed E-state index contributed by atoms with van der Waals surface area (Å²) in [4.78, 5) is 2.59. The molecule has 0 unspecified atom stereocenters. The van der Waals surface area contributed by atoms with Crippen molar-refractivity contribution < 1.29 is 4.74 Å². The molecular formula is C14H18ClNO. The molecule has 92 valence electrons. The summed E-state index contributed by atoms with van der Waals surface area (Å²) in [6, 6.07) is 8.81. The Morgan fingerprint density at radius 3 is 2.29 bits per heavy atom. The number of morpholine rings is 1. The number of hydrogen-bond acceptors (Lipinski definition) is 2. The van der Waals surface area contributed by atoms with Crippen LogP contribution in [-0.2, 0) is 16.2 Å². The summed E-state index contributed by atoms with van der Waals surface area (Å²) in [6.45, 7) is 3.89. The van der Waals surface area contributed by atoms with Crippen LogP contribution >= 0.6 is 11.6 Å². The lowest BCUT2D eigenvalue weighted by molar-refractivity contribution is 0.00835. The third-order valence-corrected chi connectivity index (χ3v) is 4.29. The maximum atomic E-state index is 5.83. The van der Waals surface area contributed by atoms with E-state index in [0.717, 1.165) is 26.3 Å². The summed E-state index contributed by atoms with van der Waals surface area (Å²) in [6.07, 6.45) is 2.57. The molecule has 0 N–H and O–H groups in total. The summed E-state index contributed by atoms with van der Waals surface area (Å²) in [5.41, 5.74) is 2.97. The second-order valence-corrected chi connectivity index (χ2v) is 5.23. The highest BCUT2D eigenvalue weighted by molar-refractivity contribution is 6.17. The van der Waals surface area contributed by atoms with Gasteiger partial charge in [0, 0.05) is 24.5 Å². The molecule has 1 saturated heterocycles. The number of benzene rings is 1. The van der Waals surface area contributed by atoms with Gasteiger partial charge in [-0.2, -0.15) is 0 Å². The van der Waals surface area contributed by atoms with Crippen LogP contribution < -0.4 is 0 Å². The maximum Gasteiger partial charge on any atom is 0.0594 e. The van der Waals surface area contributed by atoms with E-state index in [1.807, 2.05) is 0 Å². The maximum absolute atomic E-state index is 5.83. The highest BCUT2D eigenvalue weighted by atomic mass is 35.5. The molecule has 2 fully saturated rings. The second-order valence-electron chi connectivity index (χ2n) is 4.96. The van der Waals surface area contributed by atoms with Crippen LogP contribution in [0.5, 0.6) is 0 Å². The van der Waals surface area contributed by atoms with Crippen molar-refractivity contribution in [1.29, 1.82) is 0 Å². The molecule has 1 aliphatic heterocycles. The Morgan fingerprint density at radius 2 is 1.76 bits per heavy atom. The van der Waals surface area contributed by atoms with Crippen molar-refractivity contribution in [3.63, 3.8) is 0 Å². The molecule has 3 rings (SSSR count). The van der Waals surface area contributed by atoms with Crippen molar-refractivity contribution in [2.24, 2.45) is 0 Å². The fraction of sp³-hybridized carbons (Fsp3) is 0.571. The van der Waals surface area contributed by atoms with E-state index in [4.69, 9.17) is 16.3 Å². The topological polar surface area (TPSA) is 12.5 Å². The summed E-state index contributed by atoms with van der Waals surface area (Å²) >= 11 is 5.83. The smallest absolute Gasteiger partial charge is 0.0594 e. The van der Waals surface area contributed by atoms with E-state index in [0.29, 0.717) is 11.4 Å². The van der Waals surface area contributed by atoms with Crippen LogP contribution in [0.25, 0.3) is 0 Å². The van der Waals surface area contributed by atoms with Gasteiger partial charge in [-0.05, 0) is 24.0 Å². The van der Waals surface area contributed by atoms with E-state index in [1.165, 1.54) is 24.0 Å². The highest BCUT2D eigenvalue weighted by Gasteiger charge is 2.49. The van der Waals surface area contributed by atoms with E-state index >= 15 is 0 Å². The van der Waals surface area contributed by atoms with Gasteiger partial charge in [-0.3, -0.25) is 4.90 Å². The van der Waals surface area contributed by atoms with Crippen molar-refractivity contribution >= 4 is 11.6 Å². The molecule has 0 spiro atoms. The van der Waals surface area contributed by atoms with E-state index in [2.05, 4.69) is 29.2 Å². The van der Waals surface area contributed by atoms with Gasteiger partial charge in [0.2, 0.25) is 0 Å². The van der Waals surface area contributed by atoms with Gasteiger partial charge in [-0.1, -0.05) is 24.3 Å². The molecular weight excluding hydrogens is 234 g/mol. The molecule has 0 bridgehead atoms. The molecule has 2 aliphatic rings. The van der Waals surface area contributed by atoms with Gasteiger partial charge in [0.15, 0.2) is 0 Å². The number of alkyl halides is 1. The SMILES string of the molecule is ClCc1ccc(C2(N3CCOCC3)CC2)cc1. The van der Waals surface area contributed by atoms with Gasteiger partial charge >= 0.3 is 0 Å². The van der Waals surface area contributed by atoms with Gasteiger partial charge in [-0.15, -0.1) is 11.6 Å². The van der Waals surface area contributed by atoms with Crippen LogP contribution in [0.4, 0.5) is 0 Å². The molecule has 1 aromatic rings. The van der Waals surface area contributed by atoms with E-state index in [-0.39, 0.29) is 0 Å². The average Bonchev–Trinajstić information content (AvgIpc) is 3.21. The number of hydrogen-bond donors (Lipinski definition) is 0. The molecule has 0 aromatic heterocycles. The average molecular weight is 252 g/mol. The minimum Gasteiger partial charge on any atom is -0.379 e. The fourth-order valence-corrected chi connectivity index (χ4v) is 2.98. The molecule has 0 atom stereocenters. The van der Waals surface area contributed by atoms with Crippen LogP contribution in [0.3, 0.4) is 0 Å². The number of nitrogens with zero attached hydrogens (tertiary/aromatic N) is 1. The standard InChI is InChI=1S/C14H18ClNO/c15-11-12-1-3-13(4-2-12)14(5-6-14)16-7-9-17-10-8-16/h1-4H,5-11H2. The monoisotopic (exact) mass is 251 g/mol. The molecule has 3 heteroatoms. The molecule has 17 heavy (non-hydrogen) atoms. The Morgan fingerprint density at radius 1 is 1.12 bits per heavy atom. The Hall–Kier alpha value is -0.570. The predicted octanol–water partition coefficient (Wildman–Crippen LogP) is 2.75. The molecule has 1 aliphatic carbocycles. The molecule has 2 nitrogen and oxygen atoms in total. The summed E-state index contributed by atoms with van der Waals surface area (Å²) in [5.74, 6) is 0.602. The van der Waals surface area contributed by atoms with Gasteiger partial charge in [0.25, 0.3) is 0 Å². The first-order valence-corrected chi connectivity index (χ1v) is 6.87. The van der Waals surface area contributed by atoms with Gasteiger partial charge < -0.3 is 4.74 Å². The highest BCUT2D eigenvalue weighted by Crippen LogP contribution is 2.51. The predicted molar refractivity (Wildman–Crippen MR) is 69.3 cm³/mol. The largest absolute Gasteiger partial charge is 0.379 e. The minimum absolute atomic E-state index is 0.314. The number of ether oxygens (including phenoxy) is 1. The Bertz CT molecular complexity index is 380. The van der Waals surface area contributed by atoms with Crippen LogP contribution in [0.2, 0.25) is 0 Å². The number of halogens is 1. The first-order valence-electron chi connectivity index (χ1n) is 6.33. The van der Waals surface area contributed by atoms with Crippen LogP contribution in [0, 0.1) is 0 Å². The molecule has 1 saturated carbocycles. The third-order valence-electron chi connectivity index (χ3n) is 3.99. The van der Waals surface area contributed by atoms with E-state index in [1.54, 1.807) is 0 Å². The van der Waals surface area contributed by atoms with Crippen molar-refractivity contribution in [2.75, 3.05) is 26.3 Å². The first-order chi connectivity index (χ1) is 8.35. The molecule has 1 aromatic carbocycles. The quantitative estimate of drug-likeness (QED) is 0.766. The van der Waals surface area contributed by atoms with Crippen LogP contribution in [-0.4, -0.2) is 31.2 Å². The summed E-state index contributed by atoms with van der Waals surface area (Å²) in [7, 11) is 0. The third kappa shape index (κ3) is 2.10. The minimum atomic E-state index is 0.314. The molecule has 0 amide bonds. The van der Waals surface area contributed by atoms with E-state index in [9.17, 15) is 0 Å². The zero-order valence-corrected chi connectivity index (χ0v) is 10.7. The van der Waals surface area contributed by atoms with Crippen LogP contribution in [0.15, 0.2) is 24.3 Å². The zero-order valence-electron chi connectivity index (χ0n) is 9.99. The van der Waals surface area contributed by atoms with Gasteiger partial charge in [0.1, 0.15) is 0 Å². The lowest BCUT2D eigenvalue weighted by atomic mass is 10.0. The van der Waals surface area contributed by atoms with Gasteiger partial charge in [0.05, 0.1) is 13.2 Å².